The van der Waals surface area contributed by atoms with Crippen LogP contribution >= 0.6 is 11.8 Å². The van der Waals surface area contributed by atoms with Gasteiger partial charge in [-0.1, -0.05) is 11.8 Å². The molecule has 1 fully saturated rings. The Labute approximate surface area is 126 Å². The molecule has 0 aromatic carbocycles. The van der Waals surface area contributed by atoms with Crippen molar-refractivity contribution in [2.75, 3.05) is 12.3 Å². The summed E-state index contributed by atoms with van der Waals surface area (Å²) >= 11 is 1.24. The third-order valence-corrected chi connectivity index (χ3v) is 4.00. The van der Waals surface area contributed by atoms with Gasteiger partial charge in [-0.3, -0.25) is 9.59 Å². The first-order valence-corrected chi connectivity index (χ1v) is 7.70. The van der Waals surface area contributed by atoms with Crippen LogP contribution in [0, 0.1) is 0 Å². The standard InChI is InChI=1S/C12H19N5O3S/c1-12(2,3)16(6-10(19)20)9(18)7-21-11-13-14-15-17(11)8-4-5-8/h8H,4-7H2,1-3H3,(H,19,20). The molecule has 0 unspecified atom stereocenters. The van der Waals surface area contributed by atoms with Crippen LogP contribution in [-0.2, 0) is 9.59 Å². The summed E-state index contributed by atoms with van der Waals surface area (Å²) in [7, 11) is 0. The van der Waals surface area contributed by atoms with Crippen molar-refractivity contribution in [3.8, 4) is 0 Å². The van der Waals surface area contributed by atoms with Crippen molar-refractivity contribution >= 4 is 23.6 Å². The van der Waals surface area contributed by atoms with E-state index in [1.165, 1.54) is 16.7 Å². The summed E-state index contributed by atoms with van der Waals surface area (Å²) < 4.78 is 1.73. The van der Waals surface area contributed by atoms with E-state index in [0.29, 0.717) is 11.2 Å². The highest BCUT2D eigenvalue weighted by Crippen LogP contribution is 2.36. The second-order valence-corrected chi connectivity index (χ2v) is 6.91. The van der Waals surface area contributed by atoms with Crippen molar-refractivity contribution in [1.29, 1.82) is 0 Å². The molecule has 116 valence electrons. The monoisotopic (exact) mass is 313 g/mol. The number of thioether (sulfide) groups is 1. The first kappa shape index (κ1) is 15.7. The van der Waals surface area contributed by atoms with E-state index >= 15 is 0 Å². The molecule has 0 spiro atoms. The van der Waals surface area contributed by atoms with Crippen LogP contribution < -0.4 is 0 Å². The maximum absolute atomic E-state index is 12.3. The highest BCUT2D eigenvalue weighted by molar-refractivity contribution is 7.99. The number of aromatic nitrogens is 4. The normalized spacial score (nSPS) is 15.0. The van der Waals surface area contributed by atoms with E-state index < -0.39 is 11.5 Å². The van der Waals surface area contributed by atoms with Crippen molar-refractivity contribution in [1.82, 2.24) is 25.1 Å². The van der Waals surface area contributed by atoms with Crippen LogP contribution in [0.2, 0.25) is 0 Å². The van der Waals surface area contributed by atoms with E-state index in [0.717, 1.165) is 12.8 Å². The Morgan fingerprint density at radius 2 is 2.10 bits per heavy atom. The van der Waals surface area contributed by atoms with Gasteiger partial charge in [0, 0.05) is 5.54 Å². The molecular formula is C12H19N5O3S. The van der Waals surface area contributed by atoms with Crippen LogP contribution in [0.5, 0.6) is 0 Å². The largest absolute Gasteiger partial charge is 0.480 e. The molecule has 0 aliphatic heterocycles. The van der Waals surface area contributed by atoms with E-state index in [9.17, 15) is 9.59 Å². The van der Waals surface area contributed by atoms with E-state index in [4.69, 9.17) is 5.11 Å². The lowest BCUT2D eigenvalue weighted by Gasteiger charge is -2.34. The molecule has 1 aliphatic carbocycles. The minimum Gasteiger partial charge on any atom is -0.480 e. The fraction of sp³-hybridized carbons (Fsp3) is 0.750. The molecule has 0 saturated heterocycles. The summed E-state index contributed by atoms with van der Waals surface area (Å²) in [5.74, 6) is -1.14. The van der Waals surface area contributed by atoms with Gasteiger partial charge >= 0.3 is 5.97 Å². The van der Waals surface area contributed by atoms with Crippen LogP contribution in [0.4, 0.5) is 0 Å². The second kappa shape index (κ2) is 6.00. The van der Waals surface area contributed by atoms with Crippen molar-refractivity contribution in [3.05, 3.63) is 0 Å². The molecule has 1 aliphatic rings. The quantitative estimate of drug-likeness (QED) is 0.775. The Hall–Kier alpha value is -1.64. The number of tetrazole rings is 1. The van der Waals surface area contributed by atoms with Crippen molar-refractivity contribution in [2.24, 2.45) is 0 Å². The van der Waals surface area contributed by atoms with Crippen molar-refractivity contribution in [3.63, 3.8) is 0 Å². The van der Waals surface area contributed by atoms with Crippen LogP contribution in [0.3, 0.4) is 0 Å². The minimum atomic E-state index is -1.02. The Bertz CT molecular complexity index is 535. The number of hydrogen-bond donors (Lipinski definition) is 1. The molecule has 0 bridgehead atoms. The highest BCUT2D eigenvalue weighted by Gasteiger charge is 2.30. The SMILES string of the molecule is CC(C)(C)N(CC(=O)O)C(=O)CSc1nnnn1C1CC1. The third-order valence-electron chi connectivity index (χ3n) is 3.08. The number of carboxylic acids is 1. The van der Waals surface area contributed by atoms with Crippen molar-refractivity contribution < 1.29 is 14.7 Å². The number of aliphatic carboxylic acids is 1. The summed E-state index contributed by atoms with van der Waals surface area (Å²) in [5, 5.41) is 21.0. The smallest absolute Gasteiger partial charge is 0.323 e. The zero-order valence-corrected chi connectivity index (χ0v) is 13.1. The number of nitrogens with zero attached hydrogens (tertiary/aromatic N) is 5. The van der Waals surface area contributed by atoms with Crippen LogP contribution in [0.1, 0.15) is 39.7 Å². The maximum atomic E-state index is 12.3. The van der Waals surface area contributed by atoms with Gasteiger partial charge in [0.2, 0.25) is 11.1 Å². The molecule has 0 radical (unpaired) electrons. The van der Waals surface area contributed by atoms with Gasteiger partial charge in [0.15, 0.2) is 0 Å². The number of carbonyl (C=O) groups is 2. The lowest BCUT2D eigenvalue weighted by molar-refractivity contribution is -0.146. The molecule has 8 nitrogen and oxygen atoms in total. The Morgan fingerprint density at radius 1 is 1.43 bits per heavy atom. The number of amides is 1. The average molecular weight is 313 g/mol. The van der Waals surface area contributed by atoms with E-state index in [-0.39, 0.29) is 18.2 Å². The summed E-state index contributed by atoms with van der Waals surface area (Å²) in [6.07, 6.45) is 2.11. The maximum Gasteiger partial charge on any atom is 0.323 e. The molecule has 9 heteroatoms. The summed E-state index contributed by atoms with van der Waals surface area (Å²) in [6, 6.07) is 0.343. The first-order chi connectivity index (χ1) is 9.79. The number of rotatable bonds is 6. The molecule has 0 atom stereocenters. The van der Waals surface area contributed by atoms with Gasteiger partial charge < -0.3 is 10.0 Å². The Balaban J connectivity index is 1.98. The van der Waals surface area contributed by atoms with Gasteiger partial charge in [-0.2, -0.15) is 0 Å². The molecule has 1 amide bonds. The summed E-state index contributed by atoms with van der Waals surface area (Å²) in [6.45, 7) is 5.13. The van der Waals surface area contributed by atoms with E-state index in [2.05, 4.69) is 15.5 Å². The fourth-order valence-electron chi connectivity index (χ4n) is 1.87. The fourth-order valence-corrected chi connectivity index (χ4v) is 2.69. The topological polar surface area (TPSA) is 101 Å². The molecule has 2 rings (SSSR count). The zero-order chi connectivity index (χ0) is 15.6. The predicted octanol–water partition coefficient (Wildman–Crippen LogP) is 0.812. The first-order valence-electron chi connectivity index (χ1n) is 6.72. The van der Waals surface area contributed by atoms with Gasteiger partial charge in [-0.25, -0.2) is 4.68 Å². The van der Waals surface area contributed by atoms with Crippen LogP contribution in [0.15, 0.2) is 5.16 Å². The average Bonchev–Trinajstić information content (AvgIpc) is 3.11. The Kier molecular flexibility index (Phi) is 4.50. The van der Waals surface area contributed by atoms with Gasteiger partial charge in [-0.05, 0) is 44.0 Å². The van der Waals surface area contributed by atoms with E-state index in [1.807, 2.05) is 20.8 Å². The molecule has 21 heavy (non-hydrogen) atoms. The molecule has 1 aromatic heterocycles. The Morgan fingerprint density at radius 3 is 2.62 bits per heavy atom. The molecule has 1 saturated carbocycles. The van der Waals surface area contributed by atoms with Crippen molar-refractivity contribution in [2.45, 2.75) is 50.4 Å². The summed E-state index contributed by atoms with van der Waals surface area (Å²) in [5.41, 5.74) is -0.543. The van der Waals surface area contributed by atoms with Crippen LogP contribution in [-0.4, -0.2) is 59.9 Å². The van der Waals surface area contributed by atoms with Crippen LogP contribution in [0.25, 0.3) is 0 Å². The summed E-state index contributed by atoms with van der Waals surface area (Å²) in [4.78, 5) is 24.5. The predicted molar refractivity (Wildman–Crippen MR) is 75.9 cm³/mol. The van der Waals surface area contributed by atoms with Gasteiger partial charge in [-0.15, -0.1) is 5.10 Å². The molecular weight excluding hydrogens is 294 g/mol. The molecule has 1 heterocycles. The van der Waals surface area contributed by atoms with Gasteiger partial charge in [0.1, 0.15) is 6.54 Å². The number of carboxylic acid groups (broad SMARTS) is 1. The van der Waals surface area contributed by atoms with Gasteiger partial charge in [0.05, 0.1) is 11.8 Å². The zero-order valence-electron chi connectivity index (χ0n) is 12.3. The lowest BCUT2D eigenvalue weighted by Crippen LogP contribution is -2.49. The second-order valence-electron chi connectivity index (χ2n) is 5.97. The number of hydrogen-bond acceptors (Lipinski definition) is 6. The highest BCUT2D eigenvalue weighted by atomic mass is 32.2. The molecule has 1 aromatic rings. The third kappa shape index (κ3) is 4.16. The molecule has 1 N–H and O–H groups in total. The number of carbonyl (C=O) groups excluding carboxylic acids is 1. The lowest BCUT2D eigenvalue weighted by atomic mass is 10.1. The van der Waals surface area contributed by atoms with E-state index in [1.54, 1.807) is 4.68 Å². The minimum absolute atomic E-state index is 0.123. The van der Waals surface area contributed by atoms with Gasteiger partial charge in [0.25, 0.3) is 0 Å².